The van der Waals surface area contributed by atoms with Gasteiger partial charge < -0.3 is 70.3 Å². The zero-order valence-corrected chi connectivity index (χ0v) is 56.6. The molecule has 2 fully saturated rings. The number of aliphatic hydroxyl groups excluding tert-OH is 4. The second-order valence-corrected chi connectivity index (χ2v) is 24.2. The zero-order valence-electron chi connectivity index (χ0n) is 56.6. The third kappa shape index (κ3) is 37.8. The summed E-state index contributed by atoms with van der Waals surface area (Å²) in [6, 6.07) is 0. The standard InChI is InChI=1S/C35H56N4O14.C31H48N4O10.2CH4/c40-21-3-15-35(16-4-22-41,17-5-23-50-25-19-36-27(42)7-1-9-33(48)52-38-29(44)11-12-30(38)45)18-6-24-51-26-20-37-28(43)8-2-10-34(49)53-39-31(46)13-14-32(39)47;36-19-1-11-31(12-2-20-37,13-3-21-44-23-15-32-25(38)9-17-34-27(40)5-6-28(34)41)14-4-22-45-24-16-33-26(39)10-18-35-29(42)7-8-30(35)43;;/h40-41H,1-26H2,(H,36,42)(H,37,43);5-8,36-37H,1-4,9-24H2,(H,32,38)(H,33,39);2*1H4. The summed E-state index contributed by atoms with van der Waals surface area (Å²) >= 11 is 0. The van der Waals surface area contributed by atoms with Crippen LogP contribution in [-0.2, 0) is 95.7 Å². The number of hydroxylamine groups is 4. The first kappa shape index (κ1) is 90.6. The van der Waals surface area contributed by atoms with E-state index < -0.39 is 59.2 Å². The van der Waals surface area contributed by atoms with E-state index in [0.717, 1.165) is 86.8 Å². The molecule has 0 radical (unpaired) electrons. The molecule has 0 aromatic heterocycles. The van der Waals surface area contributed by atoms with Crippen LogP contribution in [0.2, 0.25) is 0 Å². The number of carbonyl (C=O) groups is 14. The van der Waals surface area contributed by atoms with Crippen molar-refractivity contribution in [1.82, 2.24) is 41.2 Å². The molecule has 12 amide bonds. The summed E-state index contributed by atoms with van der Waals surface area (Å²) in [6.07, 6.45) is 17.3. The van der Waals surface area contributed by atoms with Crippen molar-refractivity contribution in [3.8, 4) is 0 Å². The molecule has 568 valence electrons. The van der Waals surface area contributed by atoms with Gasteiger partial charge in [-0.25, -0.2) is 9.59 Å². The van der Waals surface area contributed by atoms with E-state index in [0.29, 0.717) is 102 Å². The van der Waals surface area contributed by atoms with E-state index >= 15 is 0 Å². The molecule has 2 saturated heterocycles. The summed E-state index contributed by atoms with van der Waals surface area (Å²) in [5.74, 6) is -6.45. The van der Waals surface area contributed by atoms with E-state index in [1.807, 2.05) is 0 Å². The van der Waals surface area contributed by atoms with Crippen LogP contribution < -0.4 is 21.3 Å². The normalized spacial score (nSPS) is 14.4. The molecule has 4 aliphatic rings. The monoisotopic (exact) mass is 1420 g/mol. The number of imide groups is 4. The van der Waals surface area contributed by atoms with Crippen LogP contribution in [0.4, 0.5) is 0 Å². The summed E-state index contributed by atoms with van der Waals surface area (Å²) in [7, 11) is 0. The van der Waals surface area contributed by atoms with Crippen LogP contribution >= 0.6 is 0 Å². The van der Waals surface area contributed by atoms with Crippen molar-refractivity contribution in [2.75, 3.05) is 119 Å². The minimum atomic E-state index is -0.750. The predicted octanol–water partition coefficient (Wildman–Crippen LogP) is 2.15. The smallest absolute Gasteiger partial charge is 0.333 e. The lowest BCUT2D eigenvalue weighted by Crippen LogP contribution is -2.35. The Labute approximate surface area is 586 Å². The molecule has 4 aliphatic heterocycles. The number of nitrogens with zero attached hydrogens (tertiary/aromatic N) is 4. The van der Waals surface area contributed by atoms with Gasteiger partial charge in [0, 0.05) is 181 Å². The molecule has 0 spiro atoms. The number of nitrogens with one attached hydrogen (secondary N) is 4. The molecule has 0 saturated carbocycles. The van der Waals surface area contributed by atoms with Crippen LogP contribution in [0.25, 0.3) is 0 Å². The third-order valence-corrected chi connectivity index (χ3v) is 16.6. The second kappa shape index (κ2) is 53.4. The average molecular weight is 1430 g/mol. The topological polar surface area (TPSA) is 436 Å². The lowest BCUT2D eigenvalue weighted by atomic mass is 9.72. The fourth-order valence-electron chi connectivity index (χ4n) is 11.5. The molecule has 0 unspecified atom stereocenters. The molecule has 4 rings (SSSR count). The molecular formula is C68H112N8O24. The van der Waals surface area contributed by atoms with Gasteiger partial charge in [0.05, 0.1) is 26.4 Å². The van der Waals surface area contributed by atoms with E-state index in [9.17, 15) is 87.5 Å². The Bertz CT molecular complexity index is 2400. The van der Waals surface area contributed by atoms with Crippen molar-refractivity contribution in [2.45, 2.75) is 195 Å². The summed E-state index contributed by atoms with van der Waals surface area (Å²) in [5, 5.41) is 49.9. The first-order chi connectivity index (χ1) is 47.2. The Morgan fingerprint density at radius 3 is 0.830 bits per heavy atom. The predicted molar refractivity (Wildman–Crippen MR) is 359 cm³/mol. The van der Waals surface area contributed by atoms with Crippen LogP contribution in [0.1, 0.15) is 195 Å². The summed E-state index contributed by atoms with van der Waals surface area (Å²) in [6.45, 7) is 4.72. The maximum atomic E-state index is 12.1. The summed E-state index contributed by atoms with van der Waals surface area (Å²) in [5.41, 5.74) is -0.202. The van der Waals surface area contributed by atoms with Crippen LogP contribution in [0.5, 0.6) is 0 Å². The molecule has 0 atom stereocenters. The highest BCUT2D eigenvalue weighted by Crippen LogP contribution is 2.41. The zero-order chi connectivity index (χ0) is 71.8. The first-order valence-electron chi connectivity index (χ1n) is 34.2. The van der Waals surface area contributed by atoms with Crippen molar-refractivity contribution >= 4 is 82.8 Å². The van der Waals surface area contributed by atoms with Gasteiger partial charge in [-0.05, 0) is 126 Å². The number of carbonyl (C=O) groups excluding carboxylic acids is 14. The maximum absolute atomic E-state index is 12.1. The van der Waals surface area contributed by atoms with E-state index in [4.69, 9.17) is 28.6 Å². The molecule has 32 nitrogen and oxygen atoms in total. The van der Waals surface area contributed by atoms with E-state index in [1.165, 1.54) is 24.3 Å². The Morgan fingerprint density at radius 1 is 0.340 bits per heavy atom. The molecular weight excluding hydrogens is 1310 g/mol. The van der Waals surface area contributed by atoms with Crippen LogP contribution in [0.3, 0.4) is 0 Å². The van der Waals surface area contributed by atoms with Gasteiger partial charge in [-0.3, -0.25) is 67.3 Å². The number of hydrogen-bond acceptors (Lipinski definition) is 24. The van der Waals surface area contributed by atoms with Crippen molar-refractivity contribution in [3.05, 3.63) is 24.3 Å². The van der Waals surface area contributed by atoms with Crippen molar-refractivity contribution in [1.29, 1.82) is 0 Å². The fourth-order valence-corrected chi connectivity index (χ4v) is 11.5. The highest BCUT2D eigenvalue weighted by molar-refractivity contribution is 6.13. The number of amides is 12. The van der Waals surface area contributed by atoms with E-state index in [2.05, 4.69) is 21.3 Å². The Kier molecular flexibility index (Phi) is 48.4. The molecule has 32 heteroatoms. The van der Waals surface area contributed by atoms with Crippen LogP contribution in [0.15, 0.2) is 24.3 Å². The quantitative estimate of drug-likeness (QED) is 0.0319. The Balaban J connectivity index is 0.000000993. The molecule has 4 heterocycles. The van der Waals surface area contributed by atoms with Crippen molar-refractivity contribution in [3.63, 3.8) is 0 Å². The lowest BCUT2D eigenvalue weighted by molar-refractivity contribution is -0.197. The lowest BCUT2D eigenvalue weighted by Gasteiger charge is -2.34. The highest BCUT2D eigenvalue weighted by atomic mass is 16.7. The van der Waals surface area contributed by atoms with Gasteiger partial charge in [0.25, 0.3) is 47.3 Å². The van der Waals surface area contributed by atoms with Gasteiger partial charge in [-0.2, -0.15) is 0 Å². The van der Waals surface area contributed by atoms with Gasteiger partial charge >= 0.3 is 11.9 Å². The molecule has 8 N–H and O–H groups in total. The van der Waals surface area contributed by atoms with Gasteiger partial charge in [0.15, 0.2) is 0 Å². The summed E-state index contributed by atoms with van der Waals surface area (Å²) < 4.78 is 22.9. The number of hydrogen-bond donors (Lipinski definition) is 8. The van der Waals surface area contributed by atoms with Gasteiger partial charge in [0.2, 0.25) is 23.6 Å². The largest absolute Gasteiger partial charge is 0.396 e. The SMILES string of the molecule is C.C.O=C(CCCC(=O)ON1C(=O)CCC1=O)NCCOCCCC(CCCO)(CCCO)CCCOCCNC(=O)CCCC(=O)ON1C(=O)CCC1=O.O=C(CCN1C(=O)C=CC1=O)NCCOCCCC(CCCO)(CCCO)CCCOCCNC(=O)CCN1C(=O)C=CC1=O. The minimum absolute atomic E-state index is 0. The average Bonchev–Trinajstić information content (AvgIpc) is 1.74. The number of rotatable bonds is 56. The fraction of sp³-hybridized carbons (Fsp3) is 0.735. The maximum Gasteiger partial charge on any atom is 0.333 e. The molecule has 0 bridgehead atoms. The van der Waals surface area contributed by atoms with Gasteiger partial charge in [0.1, 0.15) is 0 Å². The van der Waals surface area contributed by atoms with Crippen LogP contribution in [-0.4, -0.2) is 242 Å². The van der Waals surface area contributed by atoms with Crippen LogP contribution in [0, 0.1) is 10.8 Å². The number of aliphatic hydroxyl groups is 4. The molecule has 0 aromatic carbocycles. The van der Waals surface area contributed by atoms with Gasteiger partial charge in [-0.15, -0.1) is 10.1 Å². The van der Waals surface area contributed by atoms with Gasteiger partial charge in [-0.1, -0.05) is 14.9 Å². The third-order valence-electron chi connectivity index (χ3n) is 16.6. The molecule has 0 aromatic rings. The highest BCUT2D eigenvalue weighted by Gasteiger charge is 2.35. The van der Waals surface area contributed by atoms with E-state index in [-0.39, 0.29) is 179 Å². The van der Waals surface area contributed by atoms with Crippen molar-refractivity contribution in [2.24, 2.45) is 10.8 Å². The van der Waals surface area contributed by atoms with Crippen molar-refractivity contribution < 1.29 is 116 Å². The second-order valence-electron chi connectivity index (χ2n) is 24.2. The summed E-state index contributed by atoms with van der Waals surface area (Å²) in [4.78, 5) is 176. The van der Waals surface area contributed by atoms with E-state index in [1.54, 1.807) is 0 Å². The molecule has 100 heavy (non-hydrogen) atoms. The molecule has 0 aliphatic carbocycles. The Hall–Kier alpha value is -7.46. The Morgan fingerprint density at radius 2 is 0.580 bits per heavy atom. The number of ether oxygens (including phenoxy) is 4. The minimum Gasteiger partial charge on any atom is -0.396 e. The first-order valence-corrected chi connectivity index (χ1v) is 34.2.